The van der Waals surface area contributed by atoms with Crippen LogP contribution >= 0.6 is 11.3 Å². The van der Waals surface area contributed by atoms with Crippen molar-refractivity contribution in [1.29, 1.82) is 0 Å². The Morgan fingerprint density at radius 1 is 1.33 bits per heavy atom. The Kier molecular flexibility index (Phi) is 4.42. The van der Waals surface area contributed by atoms with Crippen molar-refractivity contribution < 1.29 is 9.59 Å². The van der Waals surface area contributed by atoms with E-state index in [1.54, 1.807) is 11.3 Å². The van der Waals surface area contributed by atoms with E-state index in [0.717, 1.165) is 0 Å². The number of nitrogens with zero attached hydrogens (tertiary/aromatic N) is 1. The SMILES string of the molecule is Cc1ccc(C(C)N2CCC(=O)NC(C(C)(C)C)C2=O)s1. The molecule has 2 amide bonds. The molecule has 2 unspecified atom stereocenters. The van der Waals surface area contributed by atoms with Gasteiger partial charge in [-0.25, -0.2) is 0 Å². The van der Waals surface area contributed by atoms with Crippen molar-refractivity contribution in [3.8, 4) is 0 Å². The minimum Gasteiger partial charge on any atom is -0.344 e. The lowest BCUT2D eigenvalue weighted by Crippen LogP contribution is -2.52. The Morgan fingerprint density at radius 3 is 2.52 bits per heavy atom. The number of thiophene rings is 1. The van der Waals surface area contributed by atoms with Gasteiger partial charge in [0.1, 0.15) is 6.04 Å². The molecule has 2 rings (SSSR count). The second-order valence-corrected chi connectivity index (χ2v) is 8.09. The Hall–Kier alpha value is -1.36. The first-order valence-corrected chi connectivity index (χ1v) is 8.18. The molecule has 1 aromatic heterocycles. The van der Waals surface area contributed by atoms with Crippen LogP contribution in [0.3, 0.4) is 0 Å². The smallest absolute Gasteiger partial charge is 0.246 e. The molecule has 0 saturated carbocycles. The summed E-state index contributed by atoms with van der Waals surface area (Å²) >= 11 is 1.71. The van der Waals surface area contributed by atoms with Crippen molar-refractivity contribution in [3.63, 3.8) is 0 Å². The molecule has 4 nitrogen and oxygen atoms in total. The maximum absolute atomic E-state index is 12.9. The number of carbonyl (C=O) groups is 2. The molecule has 2 heterocycles. The lowest BCUT2D eigenvalue weighted by Gasteiger charge is -2.34. The maximum Gasteiger partial charge on any atom is 0.246 e. The number of hydrogen-bond donors (Lipinski definition) is 1. The van der Waals surface area contributed by atoms with Crippen molar-refractivity contribution in [2.75, 3.05) is 6.54 Å². The number of amides is 2. The molecular weight excluding hydrogens is 284 g/mol. The minimum absolute atomic E-state index is 0.00810. The second kappa shape index (κ2) is 5.79. The van der Waals surface area contributed by atoms with Gasteiger partial charge in [0.05, 0.1) is 6.04 Å². The summed E-state index contributed by atoms with van der Waals surface area (Å²) in [6.45, 7) is 10.5. The lowest BCUT2D eigenvalue weighted by atomic mass is 9.85. The minimum atomic E-state index is -0.462. The maximum atomic E-state index is 12.9. The molecular formula is C16H24N2O2S. The third kappa shape index (κ3) is 3.46. The van der Waals surface area contributed by atoms with E-state index in [9.17, 15) is 9.59 Å². The van der Waals surface area contributed by atoms with Crippen LogP contribution in [0, 0.1) is 12.3 Å². The molecule has 5 heteroatoms. The molecule has 0 aromatic carbocycles. The zero-order valence-corrected chi connectivity index (χ0v) is 14.2. The fourth-order valence-electron chi connectivity index (χ4n) is 2.60. The van der Waals surface area contributed by atoms with Crippen LogP contribution < -0.4 is 5.32 Å². The number of aryl methyl sites for hydroxylation is 1. The Labute approximate surface area is 130 Å². The number of hydrogen-bond acceptors (Lipinski definition) is 3. The summed E-state index contributed by atoms with van der Waals surface area (Å²) < 4.78 is 0. The number of carbonyl (C=O) groups excluding carboxylic acids is 2. The predicted octanol–water partition coefficient (Wildman–Crippen LogP) is 2.88. The lowest BCUT2D eigenvalue weighted by molar-refractivity contribution is -0.138. The standard InChI is InChI=1S/C16H24N2O2S/c1-10-6-7-12(21-10)11(2)18-9-8-13(19)17-14(15(18)20)16(3,4)5/h6-7,11,14H,8-9H2,1-5H3,(H,17,19). The molecule has 0 radical (unpaired) electrons. The van der Waals surface area contributed by atoms with E-state index in [0.29, 0.717) is 13.0 Å². The van der Waals surface area contributed by atoms with Gasteiger partial charge in [0.15, 0.2) is 0 Å². The van der Waals surface area contributed by atoms with Gasteiger partial charge < -0.3 is 10.2 Å². The summed E-state index contributed by atoms with van der Waals surface area (Å²) in [6.07, 6.45) is 0.368. The van der Waals surface area contributed by atoms with Crippen molar-refractivity contribution in [3.05, 3.63) is 21.9 Å². The third-order valence-electron chi connectivity index (χ3n) is 3.92. The Bertz CT molecular complexity index is 545. The zero-order valence-electron chi connectivity index (χ0n) is 13.4. The molecule has 1 N–H and O–H groups in total. The van der Waals surface area contributed by atoms with Gasteiger partial charge in [-0.1, -0.05) is 20.8 Å². The van der Waals surface area contributed by atoms with Crippen LogP contribution in [0.2, 0.25) is 0 Å². The molecule has 2 atom stereocenters. The summed E-state index contributed by atoms with van der Waals surface area (Å²) in [4.78, 5) is 29.0. The van der Waals surface area contributed by atoms with Crippen LogP contribution in [0.15, 0.2) is 12.1 Å². The van der Waals surface area contributed by atoms with E-state index in [-0.39, 0.29) is 23.3 Å². The van der Waals surface area contributed by atoms with Crippen molar-refractivity contribution >= 4 is 23.2 Å². The van der Waals surface area contributed by atoms with Crippen molar-refractivity contribution in [1.82, 2.24) is 10.2 Å². The predicted molar refractivity (Wildman–Crippen MR) is 85.2 cm³/mol. The van der Waals surface area contributed by atoms with E-state index in [1.807, 2.05) is 32.6 Å². The molecule has 0 spiro atoms. The third-order valence-corrected chi connectivity index (χ3v) is 5.09. The molecule has 21 heavy (non-hydrogen) atoms. The van der Waals surface area contributed by atoms with Gasteiger partial charge in [0.25, 0.3) is 0 Å². The van der Waals surface area contributed by atoms with Gasteiger partial charge >= 0.3 is 0 Å². The van der Waals surface area contributed by atoms with E-state index >= 15 is 0 Å². The highest BCUT2D eigenvalue weighted by Crippen LogP contribution is 2.31. The quantitative estimate of drug-likeness (QED) is 0.913. The first kappa shape index (κ1) is 16.0. The Morgan fingerprint density at radius 2 is 2.00 bits per heavy atom. The van der Waals surface area contributed by atoms with Crippen LogP contribution in [-0.4, -0.2) is 29.3 Å². The summed E-state index contributed by atoms with van der Waals surface area (Å²) in [5.41, 5.74) is -0.291. The second-order valence-electron chi connectivity index (χ2n) is 6.77. The van der Waals surface area contributed by atoms with Crippen molar-refractivity contribution in [2.45, 2.75) is 53.1 Å². The van der Waals surface area contributed by atoms with E-state index in [4.69, 9.17) is 0 Å². The Balaban J connectivity index is 2.29. The summed E-state index contributed by atoms with van der Waals surface area (Å²) in [7, 11) is 0. The normalized spacial score (nSPS) is 22.0. The average molecular weight is 308 g/mol. The van der Waals surface area contributed by atoms with Crippen LogP contribution in [0.1, 0.15) is 49.9 Å². The highest BCUT2D eigenvalue weighted by Gasteiger charge is 2.39. The molecule has 1 fully saturated rings. The first-order valence-electron chi connectivity index (χ1n) is 7.36. The van der Waals surface area contributed by atoms with Crippen LogP contribution in [0.4, 0.5) is 0 Å². The molecule has 1 aliphatic rings. The van der Waals surface area contributed by atoms with Gasteiger partial charge in [-0.3, -0.25) is 9.59 Å². The fourth-order valence-corrected chi connectivity index (χ4v) is 3.54. The zero-order chi connectivity index (χ0) is 15.8. The van der Waals surface area contributed by atoms with E-state index < -0.39 is 6.04 Å². The van der Waals surface area contributed by atoms with Crippen LogP contribution in [0.25, 0.3) is 0 Å². The van der Waals surface area contributed by atoms with Crippen LogP contribution in [0.5, 0.6) is 0 Å². The average Bonchev–Trinajstić information content (AvgIpc) is 2.74. The molecule has 0 aliphatic carbocycles. The highest BCUT2D eigenvalue weighted by atomic mass is 32.1. The van der Waals surface area contributed by atoms with Gasteiger partial charge in [-0.2, -0.15) is 0 Å². The monoisotopic (exact) mass is 308 g/mol. The van der Waals surface area contributed by atoms with E-state index in [2.05, 4.69) is 24.4 Å². The fraction of sp³-hybridized carbons (Fsp3) is 0.625. The van der Waals surface area contributed by atoms with Gasteiger partial charge in [-0.05, 0) is 31.4 Å². The molecule has 116 valence electrons. The highest BCUT2D eigenvalue weighted by molar-refractivity contribution is 7.12. The summed E-state index contributed by atoms with van der Waals surface area (Å²) in [5.74, 6) is -0.0211. The summed E-state index contributed by atoms with van der Waals surface area (Å²) in [5, 5.41) is 2.88. The topological polar surface area (TPSA) is 49.4 Å². The summed E-state index contributed by atoms with van der Waals surface area (Å²) in [6, 6.07) is 3.69. The molecule has 0 bridgehead atoms. The first-order chi connectivity index (χ1) is 9.70. The number of nitrogens with one attached hydrogen (secondary N) is 1. The van der Waals surface area contributed by atoms with Gasteiger partial charge in [-0.15, -0.1) is 11.3 Å². The molecule has 1 saturated heterocycles. The van der Waals surface area contributed by atoms with Gasteiger partial charge in [0, 0.05) is 22.7 Å². The molecule has 1 aromatic rings. The van der Waals surface area contributed by atoms with Gasteiger partial charge in [0.2, 0.25) is 11.8 Å². The van der Waals surface area contributed by atoms with Crippen LogP contribution in [-0.2, 0) is 9.59 Å². The van der Waals surface area contributed by atoms with Crippen molar-refractivity contribution in [2.24, 2.45) is 5.41 Å². The molecule has 1 aliphatic heterocycles. The number of rotatable bonds is 2. The van der Waals surface area contributed by atoms with E-state index in [1.165, 1.54) is 9.75 Å². The largest absolute Gasteiger partial charge is 0.344 e.